The van der Waals surface area contributed by atoms with Crippen LogP contribution in [0.4, 0.5) is 0 Å². The molecule has 0 aromatic heterocycles. The number of rotatable bonds is 0. The van der Waals surface area contributed by atoms with Gasteiger partial charge < -0.3 is 16.4 Å². The number of halogens is 3. The summed E-state index contributed by atoms with van der Waals surface area (Å²) >= 11 is 6.80. The Morgan fingerprint density at radius 3 is 0.714 bits per heavy atom. The summed E-state index contributed by atoms with van der Waals surface area (Å²) in [4.78, 5) is 0. The third kappa shape index (κ3) is 45.9. The van der Waals surface area contributed by atoms with E-state index < -0.39 is 14.9 Å². The molecule has 0 atom stereocenters. The predicted octanol–water partition coefficient (Wildman–Crippen LogP) is 0.183. The zero-order chi connectivity index (χ0) is 3.58. The number of hydrogen-bond donors (Lipinski definition) is 0. The first-order chi connectivity index (χ1) is 1.73. The van der Waals surface area contributed by atoms with Gasteiger partial charge in [0.2, 0.25) is 0 Å². The van der Waals surface area contributed by atoms with Crippen molar-refractivity contribution in [3.8, 4) is 0 Å². The summed E-state index contributed by atoms with van der Waals surface area (Å²) < 4.78 is 0. The molecule has 0 bridgehead atoms. The molecule has 3 nitrogen and oxygen atoms in total. The standard InChI is InChI=1S/3HI.La.3H2O/h3*1H;;3*1H2/q;;;+3;;;/p-3. The van der Waals surface area contributed by atoms with Crippen molar-refractivity contribution in [3.05, 3.63) is 0 Å². The molecular weight excluding hydrogens is 568 g/mol. The fourth-order valence-electron chi connectivity index (χ4n) is 0. The van der Waals surface area contributed by atoms with Crippen LogP contribution in [0.5, 0.6) is 0 Å². The molecule has 0 unspecified atom stereocenters. The quantitative estimate of drug-likeness (QED) is 0.370. The van der Waals surface area contributed by atoms with E-state index in [4.69, 9.17) is 0 Å². The molecule has 0 aromatic rings. The van der Waals surface area contributed by atoms with Crippen LogP contribution in [0.15, 0.2) is 0 Å². The van der Waals surface area contributed by atoms with Crippen molar-refractivity contribution >= 4 is 46.7 Å². The number of hydrogen-bond acceptors (Lipinski definition) is 0. The van der Waals surface area contributed by atoms with E-state index in [2.05, 4.69) is 46.7 Å². The van der Waals surface area contributed by atoms with Gasteiger partial charge in [-0.05, 0) is 0 Å². The summed E-state index contributed by atoms with van der Waals surface area (Å²) in [5.41, 5.74) is 0. The summed E-state index contributed by atoms with van der Waals surface area (Å²) in [5, 5.41) is 0. The minimum absolute atomic E-state index is 0. The Bertz CT molecular complexity index is 14.9. The van der Waals surface area contributed by atoms with Crippen molar-refractivity contribution in [2.24, 2.45) is 0 Å². The molecule has 0 saturated carbocycles. The third-order valence-corrected chi connectivity index (χ3v) is 0. The Morgan fingerprint density at radius 2 is 0.714 bits per heavy atom. The van der Waals surface area contributed by atoms with E-state index in [1.807, 2.05) is 0 Å². The Labute approximate surface area is 75.5 Å². The van der Waals surface area contributed by atoms with Crippen LogP contribution >= 0.6 is 46.7 Å². The van der Waals surface area contributed by atoms with Gasteiger partial charge in [-0.25, -0.2) is 0 Å². The molecule has 0 aliphatic heterocycles. The molecule has 0 heterocycles. The van der Waals surface area contributed by atoms with Gasteiger partial charge in [-0.2, -0.15) is 0 Å². The van der Waals surface area contributed by atoms with E-state index in [1.165, 1.54) is 0 Å². The van der Waals surface area contributed by atoms with E-state index in [9.17, 15) is 0 Å². The fraction of sp³-hybridized carbons (Fsp3) is 0. The first-order valence-electron chi connectivity index (χ1n) is 0.655. The molecule has 0 aromatic carbocycles. The normalized spacial score (nSPS) is 3.86. The van der Waals surface area contributed by atoms with Crippen LogP contribution < -0.4 is 0 Å². The van der Waals surface area contributed by atoms with Crippen molar-refractivity contribution in [1.29, 1.82) is 0 Å². The van der Waals surface area contributed by atoms with Gasteiger partial charge >= 0.3 is 61.6 Å². The Balaban J connectivity index is -0.0000000150. The third-order valence-electron chi connectivity index (χ3n) is 0. The molecule has 0 aliphatic carbocycles. The molecule has 0 fully saturated rings. The summed E-state index contributed by atoms with van der Waals surface area (Å²) in [6.07, 6.45) is 0. The Morgan fingerprint density at radius 1 is 0.714 bits per heavy atom. The average Bonchev–Trinajstić information content (AvgIpc) is 0.811. The van der Waals surface area contributed by atoms with Crippen LogP contribution in [0, 0.1) is 14.9 Å². The second kappa shape index (κ2) is 16.1. The van der Waals surface area contributed by atoms with Gasteiger partial charge in [0.05, 0.1) is 0 Å². The van der Waals surface area contributed by atoms with Crippen molar-refractivity contribution in [1.82, 2.24) is 0 Å². The molecule has 7 heavy (non-hydrogen) atoms. The molecular formula is H6I3LaO3. The summed E-state index contributed by atoms with van der Waals surface area (Å²) in [6, 6.07) is 0. The first-order valence-corrected chi connectivity index (χ1v) is 32.0. The van der Waals surface area contributed by atoms with Crippen molar-refractivity contribution in [2.45, 2.75) is 0 Å². The first kappa shape index (κ1) is 22.4. The topological polar surface area (TPSA) is 94.5 Å². The van der Waals surface area contributed by atoms with Gasteiger partial charge in [-0.3, -0.25) is 0 Å². The van der Waals surface area contributed by atoms with Gasteiger partial charge in [0.15, 0.2) is 0 Å². The maximum absolute atomic E-state index is 2.54. The summed E-state index contributed by atoms with van der Waals surface area (Å²) in [6.45, 7) is 0. The molecule has 0 radical (unpaired) electrons. The van der Waals surface area contributed by atoms with Crippen LogP contribution in [0.2, 0.25) is 0 Å². The van der Waals surface area contributed by atoms with Crippen LogP contribution in [0.1, 0.15) is 0 Å². The van der Waals surface area contributed by atoms with E-state index in [0.29, 0.717) is 0 Å². The second-order valence-corrected chi connectivity index (χ2v) is 81.1. The van der Waals surface area contributed by atoms with E-state index in [-0.39, 0.29) is 16.4 Å². The monoisotopic (exact) mass is 574 g/mol. The fourth-order valence-corrected chi connectivity index (χ4v) is 0. The maximum atomic E-state index is 2.54. The van der Waals surface area contributed by atoms with Gasteiger partial charge in [0.1, 0.15) is 0 Å². The molecule has 0 rings (SSSR count). The zero-order valence-corrected chi connectivity index (χ0v) is 13.3. The molecule has 0 spiro atoms. The van der Waals surface area contributed by atoms with E-state index in [0.717, 1.165) is 0 Å². The van der Waals surface area contributed by atoms with Crippen LogP contribution in [0.25, 0.3) is 0 Å². The zero-order valence-electron chi connectivity index (χ0n) is 3.21. The van der Waals surface area contributed by atoms with Crippen molar-refractivity contribution in [2.75, 3.05) is 0 Å². The van der Waals surface area contributed by atoms with E-state index in [1.54, 1.807) is 0 Å². The molecule has 0 saturated heterocycles. The van der Waals surface area contributed by atoms with Gasteiger partial charge in [-0.15, -0.1) is 0 Å². The molecule has 48 valence electrons. The van der Waals surface area contributed by atoms with Crippen molar-refractivity contribution in [3.63, 3.8) is 0 Å². The van der Waals surface area contributed by atoms with Crippen LogP contribution in [-0.4, -0.2) is 16.4 Å². The van der Waals surface area contributed by atoms with Gasteiger partial charge in [-0.1, -0.05) is 0 Å². The van der Waals surface area contributed by atoms with Crippen LogP contribution in [-0.2, 0) is 0 Å². The van der Waals surface area contributed by atoms with E-state index >= 15 is 0 Å². The summed E-state index contributed by atoms with van der Waals surface area (Å²) in [5.74, 6) is 0. The minimum atomic E-state index is -0.812. The van der Waals surface area contributed by atoms with Crippen molar-refractivity contribution < 1.29 is 31.3 Å². The van der Waals surface area contributed by atoms with Gasteiger partial charge in [0.25, 0.3) is 0 Å². The average molecular weight is 574 g/mol. The van der Waals surface area contributed by atoms with Gasteiger partial charge in [0, 0.05) is 0 Å². The SMILES string of the molecule is O.O.O.[I][La]([I])[I]. The molecule has 0 aliphatic rings. The molecule has 6 N–H and O–H groups in total. The van der Waals surface area contributed by atoms with Crippen LogP contribution in [0.3, 0.4) is 0 Å². The predicted molar refractivity (Wildman–Crippen MR) is 52.9 cm³/mol. The second-order valence-electron chi connectivity index (χ2n) is 0.247. The summed E-state index contributed by atoms with van der Waals surface area (Å²) in [7, 11) is 0. The Kier molecular flexibility index (Phi) is 51.7. The molecule has 0 amide bonds. The molecule has 7 heteroatoms. The Hall–Kier alpha value is 3.26.